The molecule has 0 aromatic heterocycles. The number of methoxy groups -OCH3 is 1. The highest BCUT2D eigenvalue weighted by atomic mass is 35.5. The van der Waals surface area contributed by atoms with Gasteiger partial charge >= 0.3 is 0 Å². The smallest absolute Gasteiger partial charge is 0.119 e. The number of rotatable bonds is 5. The summed E-state index contributed by atoms with van der Waals surface area (Å²) in [6.45, 7) is 0.193. The summed E-state index contributed by atoms with van der Waals surface area (Å²) >= 11 is 0. The third-order valence-electron chi connectivity index (χ3n) is 3.17. The Morgan fingerprint density at radius 2 is 1.84 bits per heavy atom. The van der Waals surface area contributed by atoms with E-state index in [0.717, 1.165) is 34.9 Å². The number of aliphatic hydroxyl groups excluding tert-OH is 1. The van der Waals surface area contributed by atoms with E-state index in [1.165, 1.54) is 0 Å². The fraction of sp³-hybridized carbons (Fsp3) is 0.333. The van der Waals surface area contributed by atoms with Crippen molar-refractivity contribution >= 4 is 23.2 Å². The molecule has 0 aliphatic carbocycles. The van der Waals surface area contributed by atoms with Crippen LogP contribution in [-0.4, -0.2) is 18.8 Å². The number of benzene rings is 2. The first-order valence-corrected chi connectivity index (χ1v) is 6.18. The highest BCUT2D eigenvalue weighted by Crippen LogP contribution is 2.25. The Morgan fingerprint density at radius 1 is 1.16 bits per heavy atom. The van der Waals surface area contributed by atoms with E-state index >= 15 is 0 Å². The monoisotopic (exact) mass is 281 g/mol. The van der Waals surface area contributed by atoms with Gasteiger partial charge in [-0.05, 0) is 47.4 Å². The average molecular weight is 282 g/mol. The lowest BCUT2D eigenvalue weighted by molar-refractivity contribution is 0.280. The predicted octanol–water partition coefficient (Wildman–Crippen LogP) is 3.04. The third kappa shape index (κ3) is 3.83. The molecule has 2 aromatic carbocycles. The molecule has 0 saturated carbocycles. The van der Waals surface area contributed by atoms with E-state index in [9.17, 15) is 0 Å². The van der Waals surface area contributed by atoms with Crippen LogP contribution in [0.1, 0.15) is 24.4 Å². The zero-order valence-corrected chi connectivity index (χ0v) is 11.8. The van der Waals surface area contributed by atoms with Crippen molar-refractivity contribution in [3.8, 4) is 5.75 Å². The molecule has 4 heteroatoms. The summed E-state index contributed by atoms with van der Waals surface area (Å²) in [4.78, 5) is 0. The maximum Gasteiger partial charge on any atom is 0.119 e. The van der Waals surface area contributed by atoms with Crippen molar-refractivity contribution in [1.29, 1.82) is 0 Å². The van der Waals surface area contributed by atoms with Gasteiger partial charge in [-0.1, -0.05) is 18.2 Å². The molecular formula is C15H20ClNO2. The number of fused-ring (bicyclic) bond motifs is 1. The Labute approximate surface area is 119 Å². The van der Waals surface area contributed by atoms with Gasteiger partial charge in [0.25, 0.3) is 0 Å². The number of aliphatic hydroxyl groups is 1. The molecule has 0 aliphatic rings. The Kier molecular flexibility index (Phi) is 6.09. The van der Waals surface area contributed by atoms with E-state index in [2.05, 4.69) is 12.1 Å². The number of ether oxygens (including phenoxy) is 1. The second-order valence-corrected chi connectivity index (χ2v) is 4.44. The van der Waals surface area contributed by atoms with Crippen LogP contribution < -0.4 is 10.5 Å². The molecule has 0 heterocycles. The molecule has 0 aliphatic heterocycles. The van der Waals surface area contributed by atoms with Crippen LogP contribution in [0, 0.1) is 0 Å². The van der Waals surface area contributed by atoms with Gasteiger partial charge in [0.15, 0.2) is 0 Å². The average Bonchev–Trinajstić information content (AvgIpc) is 2.43. The minimum Gasteiger partial charge on any atom is -0.497 e. The molecule has 0 amide bonds. The van der Waals surface area contributed by atoms with Crippen LogP contribution in [0.3, 0.4) is 0 Å². The fourth-order valence-corrected chi connectivity index (χ4v) is 2.08. The number of halogens is 1. The van der Waals surface area contributed by atoms with Gasteiger partial charge in [0.05, 0.1) is 7.11 Å². The van der Waals surface area contributed by atoms with Crippen molar-refractivity contribution in [3.63, 3.8) is 0 Å². The van der Waals surface area contributed by atoms with Crippen molar-refractivity contribution in [3.05, 3.63) is 42.0 Å². The van der Waals surface area contributed by atoms with Gasteiger partial charge in [0.1, 0.15) is 5.75 Å². The molecule has 3 nitrogen and oxygen atoms in total. The molecule has 1 atom stereocenters. The summed E-state index contributed by atoms with van der Waals surface area (Å²) in [5, 5.41) is 11.1. The first-order valence-electron chi connectivity index (χ1n) is 6.18. The molecule has 0 bridgehead atoms. The van der Waals surface area contributed by atoms with Gasteiger partial charge < -0.3 is 15.6 Å². The van der Waals surface area contributed by atoms with Gasteiger partial charge in [-0.3, -0.25) is 0 Å². The van der Waals surface area contributed by atoms with E-state index in [0.29, 0.717) is 0 Å². The van der Waals surface area contributed by atoms with Crippen molar-refractivity contribution in [1.82, 2.24) is 0 Å². The lowest BCUT2D eigenvalue weighted by Gasteiger charge is -2.12. The minimum absolute atomic E-state index is 0. The number of nitrogens with two attached hydrogens (primary N) is 1. The van der Waals surface area contributed by atoms with E-state index in [4.69, 9.17) is 15.6 Å². The molecule has 3 N–H and O–H groups in total. The standard InChI is InChI=1S/C15H19NO2.ClH/c1-18-14-7-6-11-9-13(5-4-12(11)10-14)15(16)3-2-8-17;/h4-7,9-10,15,17H,2-3,8,16H2,1H3;1H/t15-;/m0./s1. The lowest BCUT2D eigenvalue weighted by Crippen LogP contribution is -2.10. The van der Waals surface area contributed by atoms with Crippen molar-refractivity contribution in [2.45, 2.75) is 18.9 Å². The summed E-state index contributed by atoms with van der Waals surface area (Å²) in [7, 11) is 1.67. The first kappa shape index (κ1) is 15.8. The highest BCUT2D eigenvalue weighted by Gasteiger charge is 2.06. The molecule has 0 radical (unpaired) electrons. The Balaban J connectivity index is 0.00000180. The van der Waals surface area contributed by atoms with E-state index in [-0.39, 0.29) is 25.1 Å². The summed E-state index contributed by atoms with van der Waals surface area (Å²) in [5.74, 6) is 0.861. The van der Waals surface area contributed by atoms with Crippen LogP contribution >= 0.6 is 12.4 Å². The zero-order chi connectivity index (χ0) is 13.0. The van der Waals surface area contributed by atoms with Gasteiger partial charge in [-0.25, -0.2) is 0 Å². The molecule has 0 saturated heterocycles. The molecule has 104 valence electrons. The van der Waals surface area contributed by atoms with Crippen LogP contribution in [0.4, 0.5) is 0 Å². The van der Waals surface area contributed by atoms with E-state index < -0.39 is 0 Å². The van der Waals surface area contributed by atoms with Gasteiger partial charge in [-0.2, -0.15) is 0 Å². The minimum atomic E-state index is -0.0105. The second kappa shape index (κ2) is 7.34. The van der Waals surface area contributed by atoms with Gasteiger partial charge in [0.2, 0.25) is 0 Å². The summed E-state index contributed by atoms with van der Waals surface area (Å²) in [6, 6.07) is 12.2. The number of hydrogen-bond donors (Lipinski definition) is 2. The van der Waals surface area contributed by atoms with Crippen LogP contribution in [0.25, 0.3) is 10.8 Å². The van der Waals surface area contributed by atoms with Crippen LogP contribution in [0.15, 0.2) is 36.4 Å². The Morgan fingerprint density at radius 3 is 2.53 bits per heavy atom. The maximum atomic E-state index is 8.82. The Hall–Kier alpha value is -1.29. The van der Waals surface area contributed by atoms with E-state index in [1.54, 1.807) is 7.11 Å². The third-order valence-corrected chi connectivity index (χ3v) is 3.17. The largest absolute Gasteiger partial charge is 0.497 e. The second-order valence-electron chi connectivity index (χ2n) is 4.44. The zero-order valence-electron chi connectivity index (χ0n) is 11.0. The molecular weight excluding hydrogens is 262 g/mol. The normalized spacial score (nSPS) is 11.9. The lowest BCUT2D eigenvalue weighted by atomic mass is 9.99. The molecule has 2 aromatic rings. The summed E-state index contributed by atoms with van der Waals surface area (Å²) < 4.78 is 5.20. The van der Waals surface area contributed by atoms with Crippen molar-refractivity contribution in [2.24, 2.45) is 5.73 Å². The maximum absolute atomic E-state index is 8.82. The van der Waals surface area contributed by atoms with Crippen molar-refractivity contribution in [2.75, 3.05) is 13.7 Å². The molecule has 19 heavy (non-hydrogen) atoms. The highest BCUT2D eigenvalue weighted by molar-refractivity contribution is 5.85. The van der Waals surface area contributed by atoms with Crippen LogP contribution in [0.2, 0.25) is 0 Å². The molecule has 0 fully saturated rings. The van der Waals surface area contributed by atoms with Crippen LogP contribution in [-0.2, 0) is 0 Å². The summed E-state index contributed by atoms with van der Waals surface area (Å²) in [5.41, 5.74) is 7.20. The quantitative estimate of drug-likeness (QED) is 0.886. The molecule has 0 spiro atoms. The van der Waals surface area contributed by atoms with Crippen LogP contribution in [0.5, 0.6) is 5.75 Å². The molecule has 0 unspecified atom stereocenters. The fourth-order valence-electron chi connectivity index (χ4n) is 2.08. The topological polar surface area (TPSA) is 55.5 Å². The predicted molar refractivity (Wildman–Crippen MR) is 81.0 cm³/mol. The van der Waals surface area contributed by atoms with Gasteiger partial charge in [-0.15, -0.1) is 12.4 Å². The van der Waals surface area contributed by atoms with Crippen molar-refractivity contribution < 1.29 is 9.84 Å². The molecule has 2 rings (SSSR count). The number of hydrogen-bond acceptors (Lipinski definition) is 3. The van der Waals surface area contributed by atoms with Gasteiger partial charge in [0, 0.05) is 12.6 Å². The summed E-state index contributed by atoms with van der Waals surface area (Å²) in [6.07, 6.45) is 1.54. The van der Waals surface area contributed by atoms with E-state index in [1.807, 2.05) is 24.3 Å². The Bertz CT molecular complexity index is 531. The first-order chi connectivity index (χ1) is 8.74. The SMILES string of the molecule is COc1ccc2cc([C@@H](N)CCCO)ccc2c1.Cl.